The molecule has 2 fully saturated rings. The van der Waals surface area contributed by atoms with Crippen molar-refractivity contribution in [3.05, 3.63) is 107 Å². The van der Waals surface area contributed by atoms with Gasteiger partial charge in [-0.1, -0.05) is 36.4 Å². The Balaban J connectivity index is 0.000000194. The van der Waals surface area contributed by atoms with Crippen LogP contribution in [0.2, 0.25) is 0 Å². The molecule has 4 aromatic rings. The van der Waals surface area contributed by atoms with Crippen molar-refractivity contribution in [3.63, 3.8) is 0 Å². The third kappa shape index (κ3) is 8.68. The monoisotopic (exact) mass is 704 g/mol. The van der Waals surface area contributed by atoms with Crippen molar-refractivity contribution in [1.29, 1.82) is 0 Å². The number of likely N-dealkylation sites (tertiary alicyclic amines) is 2. The van der Waals surface area contributed by atoms with Crippen LogP contribution in [0, 0.1) is 11.6 Å². The minimum absolute atomic E-state index is 0.0149. The number of alkyl halides is 1. The predicted molar refractivity (Wildman–Crippen MR) is 200 cm³/mol. The molecule has 0 unspecified atom stereocenters. The SMILES string of the molecule is COc1ccc(F)c(-c2ccc(CCl)cc2CN2[C@H](C)CC[C@H]2C)c1.COc1ccc(F)c(-c2ccc(CO)cc2CN2[C@H](C)CC[C@H]2C)c1. The van der Waals surface area contributed by atoms with Crippen LogP contribution in [-0.4, -0.2) is 53.3 Å². The third-order valence-electron chi connectivity index (χ3n) is 10.6. The topological polar surface area (TPSA) is 45.2 Å². The maximum Gasteiger partial charge on any atom is 0.131 e. The van der Waals surface area contributed by atoms with Crippen molar-refractivity contribution in [2.75, 3.05) is 14.2 Å². The number of methoxy groups -OCH3 is 2. The summed E-state index contributed by atoms with van der Waals surface area (Å²) in [6.07, 6.45) is 4.78. The van der Waals surface area contributed by atoms with Gasteiger partial charge in [-0.15, -0.1) is 11.6 Å². The molecule has 0 saturated carbocycles. The summed E-state index contributed by atoms with van der Waals surface area (Å²) in [4.78, 5) is 4.95. The van der Waals surface area contributed by atoms with Crippen LogP contribution in [-0.2, 0) is 25.6 Å². The van der Waals surface area contributed by atoms with E-state index in [2.05, 4.69) is 43.6 Å². The lowest BCUT2D eigenvalue weighted by molar-refractivity contribution is 0.205. The van der Waals surface area contributed by atoms with Crippen molar-refractivity contribution in [2.24, 2.45) is 0 Å². The van der Waals surface area contributed by atoms with Gasteiger partial charge in [-0.2, -0.15) is 0 Å². The van der Waals surface area contributed by atoms with Crippen LogP contribution in [0.3, 0.4) is 0 Å². The Morgan fingerprint density at radius 2 is 1.00 bits per heavy atom. The largest absolute Gasteiger partial charge is 0.497 e. The van der Waals surface area contributed by atoms with Crippen molar-refractivity contribution < 1.29 is 23.4 Å². The summed E-state index contributed by atoms with van der Waals surface area (Å²) in [5, 5.41) is 9.52. The average Bonchev–Trinajstić information content (AvgIpc) is 3.62. The van der Waals surface area contributed by atoms with E-state index in [9.17, 15) is 13.9 Å². The number of rotatable bonds is 10. The predicted octanol–water partition coefficient (Wildman–Crippen LogP) is 9.98. The highest BCUT2D eigenvalue weighted by molar-refractivity contribution is 6.17. The summed E-state index contributed by atoms with van der Waals surface area (Å²) in [7, 11) is 3.18. The van der Waals surface area contributed by atoms with Crippen molar-refractivity contribution in [3.8, 4) is 33.8 Å². The first kappa shape index (κ1) is 37.8. The molecule has 8 heteroatoms. The second-order valence-corrected chi connectivity index (χ2v) is 14.1. The number of ether oxygens (including phenoxy) is 2. The van der Waals surface area contributed by atoms with Crippen LogP contribution >= 0.6 is 11.6 Å². The van der Waals surface area contributed by atoms with Crippen LogP contribution in [0.5, 0.6) is 11.5 Å². The van der Waals surface area contributed by atoms with Crippen LogP contribution in [0.25, 0.3) is 22.3 Å². The Morgan fingerprint density at radius 3 is 1.38 bits per heavy atom. The molecule has 2 aliphatic rings. The highest BCUT2D eigenvalue weighted by Crippen LogP contribution is 2.36. The number of hydrogen-bond donors (Lipinski definition) is 1. The van der Waals surface area contributed by atoms with E-state index >= 15 is 0 Å². The third-order valence-corrected chi connectivity index (χ3v) is 10.9. The molecular weight excluding hydrogens is 654 g/mol. The Bertz CT molecular complexity index is 1600. The van der Waals surface area contributed by atoms with Gasteiger partial charge in [0, 0.05) is 54.3 Å². The van der Waals surface area contributed by atoms with E-state index in [1.54, 1.807) is 38.5 Å². The number of aliphatic hydroxyl groups excluding tert-OH is 1. The van der Waals surface area contributed by atoms with E-state index in [1.165, 1.54) is 37.8 Å². The standard InChI is InChI=1S/C21H25ClFNO.C21H26FNO2/c1-14-4-5-15(2)24(14)13-17-10-16(12-22)6-8-19(17)20-11-18(25-3)7-9-21(20)23;1-14-4-5-15(2)23(14)12-17-10-16(13-24)6-8-19(17)20-11-18(25-3)7-9-21(20)22/h6-11,14-15H,4-5,12-13H2,1-3H3;6-11,14-15,24H,4-5,12-13H2,1-3H3/t2*14-,15-/m11/s1. The molecule has 50 heavy (non-hydrogen) atoms. The van der Waals surface area contributed by atoms with Crippen molar-refractivity contribution >= 4 is 11.6 Å². The summed E-state index contributed by atoms with van der Waals surface area (Å²) in [5.41, 5.74) is 6.96. The zero-order chi connectivity index (χ0) is 35.9. The zero-order valence-electron chi connectivity index (χ0n) is 30.2. The molecule has 0 aliphatic carbocycles. The minimum Gasteiger partial charge on any atom is -0.497 e. The average molecular weight is 705 g/mol. The summed E-state index contributed by atoms with van der Waals surface area (Å²) >= 11 is 6.04. The lowest BCUT2D eigenvalue weighted by atomic mass is 9.96. The lowest BCUT2D eigenvalue weighted by Crippen LogP contribution is -2.32. The van der Waals surface area contributed by atoms with Gasteiger partial charge in [0.1, 0.15) is 23.1 Å². The quantitative estimate of drug-likeness (QED) is 0.167. The van der Waals surface area contributed by atoms with Gasteiger partial charge in [0.2, 0.25) is 0 Å². The normalized spacial score (nSPS) is 20.8. The molecule has 4 atom stereocenters. The van der Waals surface area contributed by atoms with Gasteiger partial charge < -0.3 is 14.6 Å². The molecule has 6 rings (SSSR count). The van der Waals surface area contributed by atoms with E-state index in [-0.39, 0.29) is 18.2 Å². The zero-order valence-corrected chi connectivity index (χ0v) is 30.9. The summed E-state index contributed by atoms with van der Waals surface area (Å²) in [6.45, 7) is 10.6. The molecule has 1 N–H and O–H groups in total. The number of benzene rings is 4. The number of hydrogen-bond acceptors (Lipinski definition) is 5. The van der Waals surface area contributed by atoms with E-state index in [0.29, 0.717) is 52.7 Å². The summed E-state index contributed by atoms with van der Waals surface area (Å²) < 4.78 is 39.6. The summed E-state index contributed by atoms with van der Waals surface area (Å²) in [6, 6.07) is 23.6. The van der Waals surface area contributed by atoms with E-state index in [1.807, 2.05) is 30.3 Å². The smallest absolute Gasteiger partial charge is 0.131 e. The Labute approximate surface area is 301 Å². The maximum atomic E-state index is 14.5. The molecule has 0 aromatic heterocycles. The van der Waals surface area contributed by atoms with E-state index in [0.717, 1.165) is 46.5 Å². The van der Waals surface area contributed by atoms with Crippen molar-refractivity contribution in [2.45, 2.75) is 103 Å². The number of aliphatic hydroxyl groups is 1. The lowest BCUT2D eigenvalue weighted by Gasteiger charge is -2.27. The molecule has 2 heterocycles. The fourth-order valence-corrected chi connectivity index (χ4v) is 7.62. The van der Waals surface area contributed by atoms with Gasteiger partial charge in [-0.3, -0.25) is 9.80 Å². The molecule has 2 saturated heterocycles. The second-order valence-electron chi connectivity index (χ2n) is 13.9. The van der Waals surface area contributed by atoms with Gasteiger partial charge in [-0.25, -0.2) is 8.78 Å². The maximum absolute atomic E-state index is 14.5. The van der Waals surface area contributed by atoms with Gasteiger partial charge >= 0.3 is 0 Å². The molecule has 4 aromatic carbocycles. The Hall–Kier alpha value is -3.49. The fourth-order valence-electron chi connectivity index (χ4n) is 7.45. The molecule has 0 amide bonds. The molecular formula is C42H51ClF2N2O3. The fraction of sp³-hybridized carbons (Fsp3) is 0.429. The first-order chi connectivity index (χ1) is 24.1. The van der Waals surface area contributed by atoms with Gasteiger partial charge in [0.25, 0.3) is 0 Å². The highest BCUT2D eigenvalue weighted by Gasteiger charge is 2.29. The van der Waals surface area contributed by atoms with E-state index < -0.39 is 0 Å². The second kappa shape index (κ2) is 17.1. The number of halogens is 3. The number of nitrogens with zero attached hydrogens (tertiary/aromatic N) is 2. The molecule has 2 aliphatic heterocycles. The highest BCUT2D eigenvalue weighted by atomic mass is 35.5. The molecule has 268 valence electrons. The first-order valence-electron chi connectivity index (χ1n) is 17.7. The Morgan fingerprint density at radius 1 is 0.600 bits per heavy atom. The molecule has 5 nitrogen and oxygen atoms in total. The minimum atomic E-state index is -0.263. The van der Waals surface area contributed by atoms with Gasteiger partial charge in [0.15, 0.2) is 0 Å². The molecule has 0 radical (unpaired) electrons. The van der Waals surface area contributed by atoms with Crippen LogP contribution < -0.4 is 9.47 Å². The Kier molecular flexibility index (Phi) is 12.9. The van der Waals surface area contributed by atoms with Crippen LogP contribution in [0.1, 0.15) is 75.6 Å². The summed E-state index contributed by atoms with van der Waals surface area (Å²) in [5.74, 6) is 1.26. The van der Waals surface area contributed by atoms with Crippen LogP contribution in [0.15, 0.2) is 72.8 Å². The molecule has 0 spiro atoms. The van der Waals surface area contributed by atoms with Gasteiger partial charge in [0.05, 0.1) is 20.8 Å². The van der Waals surface area contributed by atoms with Crippen molar-refractivity contribution in [1.82, 2.24) is 9.80 Å². The first-order valence-corrected chi connectivity index (χ1v) is 18.2. The molecule has 0 bridgehead atoms. The van der Waals surface area contributed by atoms with Gasteiger partial charge in [-0.05, 0) is 123 Å². The van der Waals surface area contributed by atoms with E-state index in [4.69, 9.17) is 21.1 Å². The van der Waals surface area contributed by atoms with Crippen LogP contribution in [0.4, 0.5) is 8.78 Å².